The van der Waals surface area contributed by atoms with Crippen LogP contribution in [0.15, 0.2) is 119 Å². The molecule has 1 N–H and O–H groups in total. The summed E-state index contributed by atoms with van der Waals surface area (Å²) in [5.41, 5.74) is 5.41. The molecule has 0 bridgehead atoms. The van der Waals surface area contributed by atoms with E-state index >= 15 is 0 Å². The average molecular weight is 515 g/mol. The Morgan fingerprint density at radius 3 is 2.24 bits per heavy atom. The zero-order chi connectivity index (χ0) is 26.6. The second-order valence-corrected chi connectivity index (χ2v) is 10.2. The fraction of sp³-hybridized carbons (Fsp3) is 0.121. The monoisotopic (exact) mass is 514 g/mol. The van der Waals surface area contributed by atoms with E-state index in [1.807, 2.05) is 104 Å². The van der Waals surface area contributed by atoms with Crippen LogP contribution >= 0.6 is 11.8 Å². The average Bonchev–Trinajstić information content (AvgIpc) is 2.95. The minimum Gasteiger partial charge on any atom is -0.353 e. The summed E-state index contributed by atoms with van der Waals surface area (Å²) in [5.74, 6) is -0.447. The first-order valence-corrected chi connectivity index (χ1v) is 13.4. The van der Waals surface area contributed by atoms with Crippen molar-refractivity contribution in [2.45, 2.75) is 19.8 Å². The van der Waals surface area contributed by atoms with E-state index in [4.69, 9.17) is 0 Å². The fourth-order valence-corrected chi connectivity index (χ4v) is 5.99. The largest absolute Gasteiger partial charge is 0.353 e. The molecule has 4 aromatic carbocycles. The summed E-state index contributed by atoms with van der Waals surface area (Å²) in [7, 11) is 0. The molecule has 5 rings (SSSR count). The van der Waals surface area contributed by atoms with Crippen LogP contribution in [0.5, 0.6) is 0 Å². The number of nitrogens with zero attached hydrogens (tertiary/aromatic N) is 1. The number of allylic oxidation sites excluding steroid dienone is 3. The SMILES string of the molecule is CC(=O)C1=C(C)NC(SCC(=O)c2ccc(-c3ccccc3)cc2)=C(C#N)[C@H]1c1cccc2ccccc12. The number of fused-ring (bicyclic) bond motifs is 1. The number of Topliss-reactive ketones (excluding diaryl/α,β-unsaturated/α-hetero) is 2. The van der Waals surface area contributed by atoms with E-state index in [2.05, 4.69) is 11.4 Å². The van der Waals surface area contributed by atoms with Crippen molar-refractivity contribution in [3.8, 4) is 17.2 Å². The van der Waals surface area contributed by atoms with Gasteiger partial charge in [0.15, 0.2) is 11.6 Å². The Bertz CT molecular complexity index is 1640. The number of ketones is 2. The molecule has 1 atom stereocenters. The molecule has 0 saturated heterocycles. The number of benzene rings is 4. The van der Waals surface area contributed by atoms with Crippen LogP contribution in [-0.4, -0.2) is 17.3 Å². The quantitative estimate of drug-likeness (QED) is 0.260. The van der Waals surface area contributed by atoms with Crippen LogP contribution in [0, 0.1) is 11.3 Å². The second-order valence-electron chi connectivity index (χ2n) is 9.23. The van der Waals surface area contributed by atoms with Crippen molar-refractivity contribution in [3.63, 3.8) is 0 Å². The summed E-state index contributed by atoms with van der Waals surface area (Å²) in [5, 5.41) is 16.2. The predicted octanol–water partition coefficient (Wildman–Crippen LogP) is 7.41. The van der Waals surface area contributed by atoms with Gasteiger partial charge < -0.3 is 5.32 Å². The summed E-state index contributed by atoms with van der Waals surface area (Å²) < 4.78 is 0. The fourth-order valence-electron chi connectivity index (χ4n) is 5.01. The molecule has 0 unspecified atom stereocenters. The van der Waals surface area contributed by atoms with E-state index in [0.717, 1.165) is 27.5 Å². The van der Waals surface area contributed by atoms with Gasteiger partial charge in [-0.1, -0.05) is 109 Å². The standard InChI is InChI=1S/C33H26N2O2S/c1-21-31(22(2)36)32(28-14-8-12-25-11-6-7-13-27(25)28)29(19-34)33(35-21)38-20-30(37)26-17-15-24(16-18-26)23-9-4-3-5-10-23/h3-18,32,35H,20H2,1-2H3/t32-/m1/s1. The normalized spacial score (nSPS) is 15.2. The Labute approximate surface area is 226 Å². The van der Waals surface area contributed by atoms with Crippen LogP contribution in [0.2, 0.25) is 0 Å². The van der Waals surface area contributed by atoms with Crippen LogP contribution in [0.3, 0.4) is 0 Å². The molecule has 186 valence electrons. The highest BCUT2D eigenvalue weighted by Crippen LogP contribution is 2.43. The molecule has 1 heterocycles. The third-order valence-corrected chi connectivity index (χ3v) is 7.84. The molecule has 0 saturated carbocycles. The Balaban J connectivity index is 1.45. The van der Waals surface area contributed by atoms with Crippen LogP contribution in [-0.2, 0) is 4.79 Å². The van der Waals surface area contributed by atoms with Gasteiger partial charge in [0.1, 0.15) is 0 Å². The van der Waals surface area contributed by atoms with Gasteiger partial charge in [0.05, 0.1) is 28.3 Å². The molecule has 4 nitrogen and oxygen atoms in total. The first kappa shape index (κ1) is 25.3. The first-order chi connectivity index (χ1) is 18.5. The Morgan fingerprint density at radius 1 is 0.868 bits per heavy atom. The van der Waals surface area contributed by atoms with Crippen LogP contribution in [0.25, 0.3) is 21.9 Å². The number of dihydropyridines is 1. The number of nitrogens with one attached hydrogen (secondary N) is 1. The van der Waals surface area contributed by atoms with Gasteiger partial charge in [-0.25, -0.2) is 0 Å². The molecule has 0 spiro atoms. The molecule has 1 aliphatic heterocycles. The summed E-state index contributed by atoms with van der Waals surface area (Å²) in [6.07, 6.45) is 0. The number of thioether (sulfide) groups is 1. The Morgan fingerprint density at radius 2 is 1.53 bits per heavy atom. The van der Waals surface area contributed by atoms with Gasteiger partial charge in [-0.05, 0) is 41.3 Å². The topological polar surface area (TPSA) is 70.0 Å². The lowest BCUT2D eigenvalue weighted by atomic mass is 9.79. The van der Waals surface area contributed by atoms with Gasteiger partial charge in [0, 0.05) is 16.8 Å². The second kappa shape index (κ2) is 10.9. The molecule has 5 heteroatoms. The summed E-state index contributed by atoms with van der Waals surface area (Å²) in [4.78, 5) is 25.9. The lowest BCUT2D eigenvalue weighted by Crippen LogP contribution is -2.27. The number of hydrogen-bond donors (Lipinski definition) is 1. The molecule has 1 aliphatic rings. The van der Waals surface area contributed by atoms with Crippen molar-refractivity contribution in [1.29, 1.82) is 5.26 Å². The molecule has 0 radical (unpaired) electrons. The maximum atomic E-state index is 13.1. The van der Waals surface area contributed by atoms with E-state index in [-0.39, 0.29) is 17.3 Å². The predicted molar refractivity (Wildman–Crippen MR) is 155 cm³/mol. The van der Waals surface area contributed by atoms with Crippen molar-refractivity contribution in [2.75, 3.05) is 5.75 Å². The van der Waals surface area contributed by atoms with Crippen molar-refractivity contribution < 1.29 is 9.59 Å². The number of hydrogen-bond acceptors (Lipinski definition) is 5. The van der Waals surface area contributed by atoms with Gasteiger partial charge in [0.25, 0.3) is 0 Å². The number of rotatable bonds is 7. The maximum absolute atomic E-state index is 13.1. The van der Waals surface area contributed by atoms with Crippen molar-refractivity contribution in [1.82, 2.24) is 5.32 Å². The van der Waals surface area contributed by atoms with E-state index in [9.17, 15) is 14.9 Å². The highest BCUT2D eigenvalue weighted by atomic mass is 32.2. The van der Waals surface area contributed by atoms with E-state index in [0.29, 0.717) is 27.4 Å². The Kier molecular flexibility index (Phi) is 7.26. The zero-order valence-electron chi connectivity index (χ0n) is 21.2. The van der Waals surface area contributed by atoms with Crippen LogP contribution < -0.4 is 5.32 Å². The van der Waals surface area contributed by atoms with Crippen molar-refractivity contribution in [2.24, 2.45) is 0 Å². The van der Waals surface area contributed by atoms with Gasteiger partial charge in [-0.3, -0.25) is 9.59 Å². The molecule has 4 aromatic rings. The van der Waals surface area contributed by atoms with E-state index < -0.39 is 5.92 Å². The minimum atomic E-state index is -0.507. The number of carbonyl (C=O) groups is 2. The van der Waals surface area contributed by atoms with E-state index in [1.54, 1.807) is 0 Å². The minimum absolute atomic E-state index is 0.0260. The molecular formula is C33H26N2O2S. The van der Waals surface area contributed by atoms with Crippen molar-refractivity contribution >= 4 is 34.1 Å². The summed E-state index contributed by atoms with van der Waals surface area (Å²) in [6, 6.07) is 33.9. The number of carbonyl (C=O) groups excluding carboxylic acids is 2. The third-order valence-electron chi connectivity index (χ3n) is 6.82. The Hall–Kier alpha value is -4.40. The maximum Gasteiger partial charge on any atom is 0.173 e. The smallest absolute Gasteiger partial charge is 0.173 e. The highest BCUT2D eigenvalue weighted by molar-refractivity contribution is 8.03. The third kappa shape index (κ3) is 4.91. The molecule has 38 heavy (non-hydrogen) atoms. The summed E-state index contributed by atoms with van der Waals surface area (Å²) in [6.45, 7) is 3.39. The molecule has 0 amide bonds. The summed E-state index contributed by atoms with van der Waals surface area (Å²) >= 11 is 1.31. The number of nitriles is 1. The van der Waals surface area contributed by atoms with Gasteiger partial charge in [0.2, 0.25) is 0 Å². The van der Waals surface area contributed by atoms with Crippen LogP contribution in [0.1, 0.15) is 35.7 Å². The van der Waals surface area contributed by atoms with Gasteiger partial charge in [-0.2, -0.15) is 5.26 Å². The molecular weight excluding hydrogens is 488 g/mol. The lowest BCUT2D eigenvalue weighted by Gasteiger charge is -2.30. The molecule has 0 aliphatic carbocycles. The highest BCUT2D eigenvalue weighted by Gasteiger charge is 2.34. The van der Waals surface area contributed by atoms with Crippen molar-refractivity contribution in [3.05, 3.63) is 130 Å². The van der Waals surface area contributed by atoms with Crippen LogP contribution in [0.4, 0.5) is 0 Å². The van der Waals surface area contributed by atoms with E-state index in [1.165, 1.54) is 18.7 Å². The first-order valence-electron chi connectivity index (χ1n) is 12.4. The molecule has 0 aromatic heterocycles. The van der Waals surface area contributed by atoms with Gasteiger partial charge in [-0.15, -0.1) is 0 Å². The zero-order valence-corrected chi connectivity index (χ0v) is 22.0. The lowest BCUT2D eigenvalue weighted by molar-refractivity contribution is -0.113. The molecule has 0 fully saturated rings. The van der Waals surface area contributed by atoms with Gasteiger partial charge >= 0.3 is 0 Å².